The maximum atomic E-state index is 11.5. The minimum Gasteiger partial charge on any atom is -0.359 e. The molecule has 8 heteroatoms. The van der Waals surface area contributed by atoms with Gasteiger partial charge in [-0.3, -0.25) is 9.89 Å². The second-order valence-electron chi connectivity index (χ2n) is 5.56. The SMILES string of the molecule is CCNC(=NCc1ccn[nH]1)N1CCC(CC(=O)NC)CC1.I. The lowest BCUT2D eigenvalue weighted by molar-refractivity contribution is -0.121. The summed E-state index contributed by atoms with van der Waals surface area (Å²) in [6, 6.07) is 1.93. The Hall–Kier alpha value is -1.32. The Balaban J connectivity index is 0.00000264. The molecule has 0 spiro atoms. The molecule has 1 aliphatic rings. The van der Waals surface area contributed by atoms with Gasteiger partial charge in [0.05, 0.1) is 12.2 Å². The molecule has 1 saturated heterocycles. The highest BCUT2D eigenvalue weighted by molar-refractivity contribution is 14.0. The first-order chi connectivity index (χ1) is 10.7. The van der Waals surface area contributed by atoms with Crippen LogP contribution in [-0.2, 0) is 11.3 Å². The minimum atomic E-state index is 0. The molecule has 1 aromatic heterocycles. The molecule has 1 aliphatic heterocycles. The zero-order chi connectivity index (χ0) is 15.8. The standard InChI is InChI=1S/C15H26N6O.HI/c1-3-17-15(18-11-13-4-7-19-20-13)21-8-5-12(6-9-21)10-14(22)16-2;/h4,7,12H,3,5-6,8-11H2,1-2H3,(H,16,22)(H,17,18)(H,19,20);1H. The zero-order valence-electron chi connectivity index (χ0n) is 13.8. The number of aliphatic imine (C=N–C) groups is 1. The van der Waals surface area contributed by atoms with Gasteiger partial charge in [0.15, 0.2) is 5.96 Å². The third-order valence-corrected chi connectivity index (χ3v) is 3.96. The number of likely N-dealkylation sites (tertiary alicyclic amines) is 1. The van der Waals surface area contributed by atoms with Crippen LogP contribution in [0.2, 0.25) is 0 Å². The first kappa shape index (κ1) is 19.7. The summed E-state index contributed by atoms with van der Waals surface area (Å²) in [5.41, 5.74) is 1.00. The number of aromatic amines is 1. The van der Waals surface area contributed by atoms with Gasteiger partial charge in [0.2, 0.25) is 5.91 Å². The van der Waals surface area contributed by atoms with Crippen LogP contribution >= 0.6 is 24.0 Å². The fraction of sp³-hybridized carbons (Fsp3) is 0.667. The van der Waals surface area contributed by atoms with Gasteiger partial charge in [-0.1, -0.05) is 0 Å². The van der Waals surface area contributed by atoms with E-state index in [0.29, 0.717) is 18.9 Å². The number of hydrogen-bond donors (Lipinski definition) is 3. The third-order valence-electron chi connectivity index (χ3n) is 3.96. The lowest BCUT2D eigenvalue weighted by atomic mass is 9.93. The van der Waals surface area contributed by atoms with Crippen LogP contribution in [0.4, 0.5) is 0 Å². The van der Waals surface area contributed by atoms with Crippen molar-refractivity contribution in [2.45, 2.75) is 32.7 Å². The average molecular weight is 434 g/mol. The van der Waals surface area contributed by atoms with E-state index in [4.69, 9.17) is 0 Å². The quantitative estimate of drug-likeness (QED) is 0.371. The summed E-state index contributed by atoms with van der Waals surface area (Å²) in [5, 5.41) is 12.9. The van der Waals surface area contributed by atoms with E-state index in [1.54, 1.807) is 13.2 Å². The summed E-state index contributed by atoms with van der Waals surface area (Å²) in [7, 11) is 1.70. The molecule has 0 aliphatic carbocycles. The normalized spacial score (nSPS) is 15.9. The van der Waals surface area contributed by atoms with Crippen LogP contribution in [0.5, 0.6) is 0 Å². The van der Waals surface area contributed by atoms with Crippen LogP contribution in [0.1, 0.15) is 31.9 Å². The van der Waals surface area contributed by atoms with Crippen LogP contribution < -0.4 is 10.6 Å². The summed E-state index contributed by atoms with van der Waals surface area (Å²) in [5.74, 6) is 1.56. The molecule has 1 aromatic rings. The number of rotatable bonds is 5. The van der Waals surface area contributed by atoms with Gasteiger partial charge in [-0.2, -0.15) is 5.10 Å². The molecule has 0 aromatic carbocycles. The van der Waals surface area contributed by atoms with E-state index >= 15 is 0 Å². The maximum absolute atomic E-state index is 11.5. The fourth-order valence-electron chi connectivity index (χ4n) is 2.67. The van der Waals surface area contributed by atoms with Gasteiger partial charge in [0.1, 0.15) is 0 Å². The van der Waals surface area contributed by atoms with E-state index in [2.05, 4.69) is 37.6 Å². The van der Waals surface area contributed by atoms with Gasteiger partial charge in [-0.15, -0.1) is 24.0 Å². The molecule has 0 radical (unpaired) electrons. The summed E-state index contributed by atoms with van der Waals surface area (Å²) >= 11 is 0. The maximum Gasteiger partial charge on any atom is 0.220 e. The number of guanidine groups is 1. The Morgan fingerprint density at radius 1 is 1.48 bits per heavy atom. The van der Waals surface area contributed by atoms with Crippen LogP contribution in [-0.4, -0.2) is 53.6 Å². The molecule has 0 atom stereocenters. The fourth-order valence-corrected chi connectivity index (χ4v) is 2.67. The van der Waals surface area contributed by atoms with Crippen molar-refractivity contribution in [3.63, 3.8) is 0 Å². The first-order valence-corrected chi connectivity index (χ1v) is 7.95. The smallest absolute Gasteiger partial charge is 0.220 e. The van der Waals surface area contributed by atoms with Gasteiger partial charge in [-0.25, -0.2) is 4.99 Å². The van der Waals surface area contributed by atoms with Crippen LogP contribution in [0.15, 0.2) is 17.3 Å². The van der Waals surface area contributed by atoms with E-state index in [9.17, 15) is 4.79 Å². The number of halogens is 1. The molecule has 23 heavy (non-hydrogen) atoms. The summed E-state index contributed by atoms with van der Waals surface area (Å²) in [6.07, 6.45) is 4.43. The highest BCUT2D eigenvalue weighted by atomic mass is 127. The number of nitrogens with one attached hydrogen (secondary N) is 3. The highest BCUT2D eigenvalue weighted by Crippen LogP contribution is 2.20. The zero-order valence-corrected chi connectivity index (χ0v) is 16.2. The predicted octanol–water partition coefficient (Wildman–Crippen LogP) is 1.34. The van der Waals surface area contributed by atoms with Crippen molar-refractivity contribution in [3.8, 4) is 0 Å². The summed E-state index contributed by atoms with van der Waals surface area (Å²) < 4.78 is 0. The summed E-state index contributed by atoms with van der Waals surface area (Å²) in [4.78, 5) is 18.4. The van der Waals surface area contributed by atoms with E-state index in [-0.39, 0.29) is 29.9 Å². The highest BCUT2D eigenvalue weighted by Gasteiger charge is 2.22. The van der Waals surface area contributed by atoms with Gasteiger partial charge in [0, 0.05) is 39.3 Å². The number of amides is 1. The molecule has 2 rings (SSSR count). The van der Waals surface area contributed by atoms with Gasteiger partial charge < -0.3 is 15.5 Å². The van der Waals surface area contributed by atoms with Gasteiger partial charge in [-0.05, 0) is 31.7 Å². The molecular formula is C15H27IN6O. The Kier molecular flexibility index (Phi) is 8.97. The van der Waals surface area contributed by atoms with Crippen molar-refractivity contribution in [1.82, 2.24) is 25.7 Å². The van der Waals surface area contributed by atoms with E-state index in [1.165, 1.54) is 0 Å². The third kappa shape index (κ3) is 6.36. The molecule has 2 heterocycles. The summed E-state index contributed by atoms with van der Waals surface area (Å²) in [6.45, 7) is 5.40. The number of hydrogen-bond acceptors (Lipinski definition) is 3. The second kappa shape index (κ2) is 10.5. The number of carbonyl (C=O) groups excluding carboxylic acids is 1. The van der Waals surface area contributed by atoms with Crippen molar-refractivity contribution in [1.29, 1.82) is 0 Å². The molecule has 3 N–H and O–H groups in total. The number of H-pyrrole nitrogens is 1. The molecule has 130 valence electrons. The van der Waals surface area contributed by atoms with E-state index < -0.39 is 0 Å². The number of carbonyl (C=O) groups is 1. The average Bonchev–Trinajstić information content (AvgIpc) is 3.05. The topological polar surface area (TPSA) is 85.4 Å². The Bertz CT molecular complexity index is 482. The number of piperidine rings is 1. The van der Waals surface area contributed by atoms with Crippen LogP contribution in [0.25, 0.3) is 0 Å². The van der Waals surface area contributed by atoms with Gasteiger partial charge >= 0.3 is 0 Å². The number of aromatic nitrogens is 2. The van der Waals surface area contributed by atoms with Crippen molar-refractivity contribution in [2.75, 3.05) is 26.7 Å². The molecule has 1 fully saturated rings. The van der Waals surface area contributed by atoms with Crippen LogP contribution in [0, 0.1) is 5.92 Å². The Morgan fingerprint density at radius 3 is 2.78 bits per heavy atom. The second-order valence-corrected chi connectivity index (χ2v) is 5.56. The lowest BCUT2D eigenvalue weighted by Gasteiger charge is -2.34. The van der Waals surface area contributed by atoms with E-state index in [1.807, 2.05) is 6.07 Å². The monoisotopic (exact) mass is 434 g/mol. The largest absolute Gasteiger partial charge is 0.359 e. The van der Waals surface area contributed by atoms with Crippen LogP contribution in [0.3, 0.4) is 0 Å². The molecule has 1 amide bonds. The Labute approximate surface area is 154 Å². The lowest BCUT2D eigenvalue weighted by Crippen LogP contribution is -2.46. The number of nitrogens with zero attached hydrogens (tertiary/aromatic N) is 3. The molecular weight excluding hydrogens is 407 g/mol. The minimum absolute atomic E-state index is 0. The van der Waals surface area contributed by atoms with Crippen molar-refractivity contribution in [2.24, 2.45) is 10.9 Å². The van der Waals surface area contributed by atoms with Crippen molar-refractivity contribution in [3.05, 3.63) is 18.0 Å². The van der Waals surface area contributed by atoms with E-state index in [0.717, 1.165) is 44.1 Å². The predicted molar refractivity (Wildman–Crippen MR) is 102 cm³/mol. The molecule has 0 saturated carbocycles. The Morgan fingerprint density at radius 2 is 2.22 bits per heavy atom. The molecule has 0 unspecified atom stereocenters. The van der Waals surface area contributed by atoms with Crippen molar-refractivity contribution < 1.29 is 4.79 Å². The first-order valence-electron chi connectivity index (χ1n) is 7.95. The van der Waals surface area contributed by atoms with Gasteiger partial charge in [0.25, 0.3) is 0 Å². The van der Waals surface area contributed by atoms with Crippen molar-refractivity contribution >= 4 is 35.8 Å². The molecule has 7 nitrogen and oxygen atoms in total. The molecule has 0 bridgehead atoms.